The third kappa shape index (κ3) is 9.15. The second-order valence-electron chi connectivity index (χ2n) is 6.82. The van der Waals surface area contributed by atoms with E-state index < -0.39 is 11.9 Å². The number of halogens is 4. The van der Waals surface area contributed by atoms with Crippen LogP contribution in [0.15, 0.2) is 35.5 Å². The fraction of sp³-hybridized carbons (Fsp3) is 0.450. The Morgan fingerprint density at radius 3 is 2.55 bits per heavy atom. The third-order valence-corrected chi connectivity index (χ3v) is 3.90. The lowest BCUT2D eigenvalue weighted by Gasteiger charge is -2.17. The van der Waals surface area contributed by atoms with E-state index in [1.165, 1.54) is 0 Å². The molecule has 31 heavy (non-hydrogen) atoms. The molecule has 0 spiro atoms. The molecule has 0 aliphatic heterocycles. The largest absolute Gasteiger partial charge is 0.491 e. The van der Waals surface area contributed by atoms with E-state index in [9.17, 15) is 13.2 Å². The zero-order valence-corrected chi connectivity index (χ0v) is 20.2. The molecule has 0 saturated heterocycles. The molecule has 2 aromatic rings. The van der Waals surface area contributed by atoms with Gasteiger partial charge in [-0.3, -0.25) is 4.99 Å². The molecule has 3 N–H and O–H groups in total. The highest BCUT2D eigenvalue weighted by molar-refractivity contribution is 14.0. The lowest BCUT2D eigenvalue weighted by atomic mass is 10.1. The van der Waals surface area contributed by atoms with Crippen molar-refractivity contribution in [3.8, 4) is 5.75 Å². The molecule has 0 unspecified atom stereocenters. The lowest BCUT2D eigenvalue weighted by molar-refractivity contribution is -0.141. The fourth-order valence-electron chi connectivity index (χ4n) is 2.53. The average molecular weight is 552 g/mol. The summed E-state index contributed by atoms with van der Waals surface area (Å²) in [6, 6.07) is 6.84. The van der Waals surface area contributed by atoms with Gasteiger partial charge in [-0.25, -0.2) is 9.97 Å². The first-order valence-electron chi connectivity index (χ1n) is 9.54. The molecule has 172 valence electrons. The van der Waals surface area contributed by atoms with E-state index in [-0.39, 0.29) is 36.0 Å². The summed E-state index contributed by atoms with van der Waals surface area (Å²) in [6.07, 6.45) is -3.37. The molecule has 1 heterocycles. The van der Waals surface area contributed by atoms with E-state index in [2.05, 4.69) is 30.9 Å². The van der Waals surface area contributed by atoms with Gasteiger partial charge in [0.05, 0.1) is 6.10 Å². The predicted octanol–water partition coefficient (Wildman–Crippen LogP) is 3.99. The number of aliphatic imine (C=N–C) groups is 1. The molecular formula is C20H28F3IN6O. The Balaban J connectivity index is 0.00000480. The zero-order chi connectivity index (χ0) is 22.1. The molecule has 0 radical (unpaired) electrons. The van der Waals surface area contributed by atoms with Crippen LogP contribution in [0.1, 0.15) is 30.7 Å². The fourth-order valence-corrected chi connectivity index (χ4v) is 2.53. The molecule has 0 bridgehead atoms. The van der Waals surface area contributed by atoms with Gasteiger partial charge in [0.25, 0.3) is 0 Å². The minimum atomic E-state index is -4.50. The van der Waals surface area contributed by atoms with Crippen LogP contribution in [0.25, 0.3) is 0 Å². The van der Waals surface area contributed by atoms with Crippen molar-refractivity contribution in [2.45, 2.75) is 39.6 Å². The Morgan fingerprint density at radius 1 is 1.16 bits per heavy atom. The van der Waals surface area contributed by atoms with Crippen molar-refractivity contribution >= 4 is 35.9 Å². The normalized spacial score (nSPS) is 11.7. The number of benzene rings is 1. The van der Waals surface area contributed by atoms with Crippen LogP contribution in [0.2, 0.25) is 0 Å². The van der Waals surface area contributed by atoms with Gasteiger partial charge in [-0.05, 0) is 38.5 Å². The molecule has 0 aliphatic rings. The van der Waals surface area contributed by atoms with Crippen LogP contribution in [0.4, 0.5) is 19.1 Å². The third-order valence-electron chi connectivity index (χ3n) is 3.90. The first-order chi connectivity index (χ1) is 14.2. The van der Waals surface area contributed by atoms with Crippen molar-refractivity contribution in [3.63, 3.8) is 0 Å². The Kier molecular flexibility index (Phi) is 10.8. The molecule has 2 rings (SSSR count). The van der Waals surface area contributed by atoms with Gasteiger partial charge in [-0.2, -0.15) is 13.2 Å². The molecule has 0 aliphatic carbocycles. The summed E-state index contributed by atoms with van der Waals surface area (Å²) >= 11 is 0. The predicted molar refractivity (Wildman–Crippen MR) is 126 cm³/mol. The molecule has 11 heteroatoms. The first kappa shape index (κ1) is 26.7. The number of ether oxygens (including phenoxy) is 1. The monoisotopic (exact) mass is 552 g/mol. The number of aromatic nitrogens is 2. The van der Waals surface area contributed by atoms with Crippen molar-refractivity contribution < 1.29 is 17.9 Å². The minimum Gasteiger partial charge on any atom is -0.491 e. The van der Waals surface area contributed by atoms with Crippen LogP contribution >= 0.6 is 24.0 Å². The molecule has 0 amide bonds. The molecule has 0 atom stereocenters. The number of hydrogen-bond acceptors (Lipinski definition) is 5. The standard InChI is InChI=1S/C20H27F3N6O.HI/c1-13(2)30-16-11-14(3)5-6-15(16)12-28-18(24-4)26-9-10-27-19-25-8-7-17(29-19)20(21,22)23;/h5-8,11,13H,9-10,12H2,1-4H3,(H2,24,26,28)(H,25,27,29);1H. The van der Waals surface area contributed by atoms with Crippen LogP contribution < -0.4 is 20.7 Å². The number of aryl methyl sites for hydroxylation is 1. The molecule has 1 aromatic heterocycles. The van der Waals surface area contributed by atoms with E-state index >= 15 is 0 Å². The number of guanidine groups is 1. The highest BCUT2D eigenvalue weighted by atomic mass is 127. The maximum Gasteiger partial charge on any atom is 0.433 e. The van der Waals surface area contributed by atoms with Gasteiger partial charge in [-0.1, -0.05) is 12.1 Å². The number of rotatable bonds is 8. The maximum atomic E-state index is 12.7. The second-order valence-corrected chi connectivity index (χ2v) is 6.82. The smallest absolute Gasteiger partial charge is 0.433 e. The summed E-state index contributed by atoms with van der Waals surface area (Å²) in [6.45, 7) is 7.18. The Labute approximate surface area is 197 Å². The van der Waals surface area contributed by atoms with E-state index in [0.717, 1.165) is 29.1 Å². The first-order valence-corrected chi connectivity index (χ1v) is 9.54. The molecule has 7 nitrogen and oxygen atoms in total. The van der Waals surface area contributed by atoms with Crippen LogP contribution in [0, 0.1) is 6.92 Å². The SMILES string of the molecule is CN=C(NCCNc1nccc(C(F)(F)F)n1)NCc1ccc(C)cc1OC(C)C.I. The average Bonchev–Trinajstić information content (AvgIpc) is 2.68. The number of nitrogens with zero attached hydrogens (tertiary/aromatic N) is 3. The molecule has 0 saturated carbocycles. The summed E-state index contributed by atoms with van der Waals surface area (Å²) in [5.74, 6) is 1.29. The van der Waals surface area contributed by atoms with Crippen molar-refractivity contribution in [1.82, 2.24) is 20.6 Å². The van der Waals surface area contributed by atoms with Crippen LogP contribution in [-0.4, -0.2) is 42.2 Å². The van der Waals surface area contributed by atoms with Crippen LogP contribution in [-0.2, 0) is 12.7 Å². The number of anilines is 1. The molecule has 0 fully saturated rings. The van der Waals surface area contributed by atoms with Crippen molar-refractivity contribution in [2.24, 2.45) is 4.99 Å². The Bertz CT molecular complexity index is 861. The van der Waals surface area contributed by atoms with E-state index in [1.807, 2.05) is 39.0 Å². The summed E-state index contributed by atoms with van der Waals surface area (Å²) < 4.78 is 43.9. The van der Waals surface area contributed by atoms with Gasteiger partial charge in [0, 0.05) is 38.4 Å². The van der Waals surface area contributed by atoms with Gasteiger partial charge in [0.2, 0.25) is 5.95 Å². The highest BCUT2D eigenvalue weighted by Gasteiger charge is 2.32. The van der Waals surface area contributed by atoms with Gasteiger partial charge in [-0.15, -0.1) is 24.0 Å². The summed E-state index contributed by atoms with van der Waals surface area (Å²) in [5, 5.41) is 9.04. The maximum absolute atomic E-state index is 12.7. The Morgan fingerprint density at radius 2 is 1.90 bits per heavy atom. The Hall–Kier alpha value is -2.31. The molecule has 1 aromatic carbocycles. The van der Waals surface area contributed by atoms with Crippen molar-refractivity contribution in [3.05, 3.63) is 47.3 Å². The van der Waals surface area contributed by atoms with Gasteiger partial charge in [0.15, 0.2) is 5.96 Å². The van der Waals surface area contributed by atoms with Crippen LogP contribution in [0.3, 0.4) is 0 Å². The quantitative estimate of drug-likeness (QED) is 0.199. The summed E-state index contributed by atoms with van der Waals surface area (Å²) in [4.78, 5) is 11.4. The van der Waals surface area contributed by atoms with Gasteiger partial charge in [0.1, 0.15) is 11.4 Å². The van der Waals surface area contributed by atoms with E-state index in [0.29, 0.717) is 25.6 Å². The minimum absolute atomic E-state index is 0. The van der Waals surface area contributed by atoms with Gasteiger partial charge >= 0.3 is 6.18 Å². The lowest BCUT2D eigenvalue weighted by Crippen LogP contribution is -2.39. The van der Waals surface area contributed by atoms with E-state index in [1.54, 1.807) is 7.05 Å². The summed E-state index contributed by atoms with van der Waals surface area (Å²) in [5.41, 5.74) is 1.12. The van der Waals surface area contributed by atoms with Crippen molar-refractivity contribution in [1.29, 1.82) is 0 Å². The zero-order valence-electron chi connectivity index (χ0n) is 17.9. The number of nitrogens with one attached hydrogen (secondary N) is 3. The topological polar surface area (TPSA) is 83.5 Å². The van der Waals surface area contributed by atoms with Crippen molar-refractivity contribution in [2.75, 3.05) is 25.5 Å². The highest BCUT2D eigenvalue weighted by Crippen LogP contribution is 2.27. The number of alkyl halides is 3. The molecular weight excluding hydrogens is 524 g/mol. The number of hydrogen-bond donors (Lipinski definition) is 3. The second kappa shape index (κ2) is 12.5. The van der Waals surface area contributed by atoms with Gasteiger partial charge < -0.3 is 20.7 Å². The summed E-state index contributed by atoms with van der Waals surface area (Å²) in [7, 11) is 1.64. The van der Waals surface area contributed by atoms with Crippen LogP contribution in [0.5, 0.6) is 5.75 Å². The van der Waals surface area contributed by atoms with E-state index in [4.69, 9.17) is 4.74 Å².